The Morgan fingerprint density at radius 3 is 1.01 bits per heavy atom. The maximum absolute atomic E-state index is 2.53. The molecule has 20 rings (SSSR count). The Morgan fingerprint density at radius 1 is 0.186 bits per heavy atom. The molecule has 0 saturated carbocycles. The molecule has 0 amide bonds. The molecule has 0 radical (unpaired) electrons. The van der Waals surface area contributed by atoms with Crippen LogP contribution in [0.15, 0.2) is 267 Å². The van der Waals surface area contributed by atoms with E-state index in [-0.39, 0.29) is 0 Å². The lowest BCUT2D eigenvalue weighted by molar-refractivity contribution is 1.38. The molecule has 0 nitrogen and oxygen atoms in total. The van der Waals surface area contributed by atoms with Crippen LogP contribution in [0.2, 0.25) is 0 Å². The van der Waals surface area contributed by atoms with Crippen LogP contribution in [0.3, 0.4) is 0 Å². The Bertz CT molecular complexity index is 6020. The van der Waals surface area contributed by atoms with Crippen LogP contribution in [-0.4, -0.2) is 0 Å². The second-order valence-corrected chi connectivity index (χ2v) is 24.4. The molecule has 0 aromatic heterocycles. The average Bonchev–Trinajstić information content (AvgIpc) is 1.53. The first-order valence-corrected chi connectivity index (χ1v) is 30.3. The standard InChI is InChI=1S/C86H50/c1-47-18-15-19-48(2)74(47)53-34-35-66-71(46-53)76(50-22-7-4-8-23-50)84-68-41-43-70-82-69(42-40-67(81(68)82)83(84)75(66)49-20-5-3-6-21-49)85-79(64-38-36-62-56-28-13-11-26-54(56)58-30-16-32-60(64)77(58)62)72-44-51-24-9-10-25-52(51)45-73(72)80(86(70)85)65-39-37-63-57-29-14-12-27-55(57)59-31-17-33-61(65)78(59)63/h3-46H,1-2H3. The Hall–Kier alpha value is -10.9. The minimum Gasteiger partial charge on any atom is -0.0622 e. The Labute approximate surface area is 495 Å². The maximum Gasteiger partial charge on any atom is -0.000717 e. The lowest BCUT2D eigenvalue weighted by Gasteiger charge is -2.19. The van der Waals surface area contributed by atoms with E-state index in [1.54, 1.807) is 0 Å². The summed E-state index contributed by atoms with van der Waals surface area (Å²) in [7, 11) is 0. The summed E-state index contributed by atoms with van der Waals surface area (Å²) >= 11 is 0. The molecule has 0 heteroatoms. The lowest BCUT2D eigenvalue weighted by Crippen LogP contribution is -1.95. The summed E-state index contributed by atoms with van der Waals surface area (Å²) in [5.74, 6) is 0. The van der Waals surface area contributed by atoms with E-state index in [9.17, 15) is 0 Å². The molecule has 0 aliphatic heterocycles. The van der Waals surface area contributed by atoms with Crippen LogP contribution in [0.1, 0.15) is 11.1 Å². The number of rotatable bonds is 5. The number of hydrogen-bond acceptors (Lipinski definition) is 0. The highest BCUT2D eigenvalue weighted by atomic mass is 14.3. The molecule has 0 N–H and O–H groups in total. The predicted octanol–water partition coefficient (Wildman–Crippen LogP) is 22.6. The van der Waals surface area contributed by atoms with Crippen LogP contribution in [0.25, 0.3) is 165 Å². The molecule has 4 aliphatic rings. The van der Waals surface area contributed by atoms with Gasteiger partial charge in [-0.2, -0.15) is 0 Å². The zero-order chi connectivity index (χ0) is 56.2. The Kier molecular flexibility index (Phi) is 9.14. The topological polar surface area (TPSA) is 0 Å². The van der Waals surface area contributed by atoms with Gasteiger partial charge in [-0.05, 0) is 250 Å². The molecule has 0 saturated heterocycles. The Balaban J connectivity index is 1.04. The van der Waals surface area contributed by atoms with E-state index in [4.69, 9.17) is 0 Å². The van der Waals surface area contributed by atoms with Crippen LogP contribution in [-0.2, 0) is 0 Å². The molecule has 16 aromatic carbocycles. The van der Waals surface area contributed by atoms with Crippen molar-refractivity contribution in [2.24, 2.45) is 0 Å². The summed E-state index contributed by atoms with van der Waals surface area (Å²) in [6.45, 7) is 4.51. The normalized spacial score (nSPS) is 12.5. The van der Waals surface area contributed by atoms with Crippen molar-refractivity contribution >= 4 is 64.6 Å². The first-order chi connectivity index (χ1) is 42.6. The summed E-state index contributed by atoms with van der Waals surface area (Å²) in [4.78, 5) is 0. The van der Waals surface area contributed by atoms with E-state index in [0.29, 0.717) is 0 Å². The van der Waals surface area contributed by atoms with Gasteiger partial charge in [-0.3, -0.25) is 0 Å². The number of aryl methyl sites for hydroxylation is 2. The van der Waals surface area contributed by atoms with Gasteiger partial charge in [0, 0.05) is 0 Å². The molecule has 0 bridgehead atoms. The highest BCUT2D eigenvalue weighted by Crippen LogP contribution is 2.55. The monoisotopic (exact) mass is 1080 g/mol. The minimum absolute atomic E-state index is 1.22. The quantitative estimate of drug-likeness (QED) is 0.151. The van der Waals surface area contributed by atoms with E-state index < -0.39 is 0 Å². The largest absolute Gasteiger partial charge is 0.0622 e. The van der Waals surface area contributed by atoms with Gasteiger partial charge < -0.3 is 0 Å². The number of fused-ring (bicyclic) bond motifs is 11. The van der Waals surface area contributed by atoms with Crippen molar-refractivity contribution in [3.63, 3.8) is 0 Å². The third-order valence-corrected chi connectivity index (χ3v) is 20.3. The zero-order valence-corrected chi connectivity index (χ0v) is 47.4. The summed E-state index contributed by atoms with van der Waals surface area (Å²) in [5.41, 5.74) is 25.8. The fourth-order valence-electron chi connectivity index (χ4n) is 16.9. The van der Waals surface area contributed by atoms with E-state index in [1.165, 1.54) is 218 Å². The molecule has 0 fully saturated rings. The van der Waals surface area contributed by atoms with Gasteiger partial charge in [0.05, 0.1) is 0 Å². The van der Waals surface area contributed by atoms with Crippen LogP contribution < -0.4 is 0 Å². The molecule has 394 valence electrons. The van der Waals surface area contributed by atoms with E-state index in [0.717, 1.165) is 0 Å². The van der Waals surface area contributed by atoms with Gasteiger partial charge in [0.1, 0.15) is 0 Å². The minimum atomic E-state index is 1.22. The van der Waals surface area contributed by atoms with Crippen LogP contribution in [0.4, 0.5) is 0 Å². The molecule has 0 unspecified atom stereocenters. The molecule has 0 atom stereocenters. The van der Waals surface area contributed by atoms with Crippen molar-refractivity contribution in [2.45, 2.75) is 13.8 Å². The van der Waals surface area contributed by atoms with Gasteiger partial charge >= 0.3 is 0 Å². The van der Waals surface area contributed by atoms with Gasteiger partial charge in [-0.25, -0.2) is 0 Å². The highest BCUT2D eigenvalue weighted by Gasteiger charge is 2.30. The van der Waals surface area contributed by atoms with E-state index in [2.05, 4.69) is 281 Å². The SMILES string of the molecule is Cc1cccc(C)c1-c1ccc2c(-c3ccccc3)c3c(c(-c4ccccc4)c2c1)=c1ccc2c4c(ccc=3c14)=c1c(-c3ccc4c5c(cccc35)-c3ccccc3-4)c3cc4ccccc4cc3c(-c3ccc4c5c(cccc35)-c3ccccc3-4)c1=2. The van der Waals surface area contributed by atoms with Crippen molar-refractivity contribution in [1.82, 2.24) is 0 Å². The highest BCUT2D eigenvalue weighted by molar-refractivity contribution is 6.24. The summed E-state index contributed by atoms with van der Waals surface area (Å²) in [6, 6.07) is 102. The smallest absolute Gasteiger partial charge is 0.000717 e. The number of hydrogen-bond donors (Lipinski definition) is 0. The molecular weight excluding hydrogens is 1030 g/mol. The summed E-state index contributed by atoms with van der Waals surface area (Å²) in [5, 5.41) is 25.9. The van der Waals surface area contributed by atoms with Gasteiger partial charge in [0.15, 0.2) is 0 Å². The Morgan fingerprint density at radius 2 is 0.547 bits per heavy atom. The van der Waals surface area contributed by atoms with E-state index >= 15 is 0 Å². The molecule has 0 heterocycles. The van der Waals surface area contributed by atoms with Crippen LogP contribution >= 0.6 is 0 Å². The fraction of sp³-hybridized carbons (Fsp3) is 0.0233. The molecule has 4 aliphatic carbocycles. The van der Waals surface area contributed by atoms with E-state index in [1.807, 2.05) is 0 Å². The van der Waals surface area contributed by atoms with Gasteiger partial charge in [0.2, 0.25) is 0 Å². The molecule has 0 spiro atoms. The zero-order valence-electron chi connectivity index (χ0n) is 47.4. The molecule has 16 aromatic rings. The maximum atomic E-state index is 2.53. The fourth-order valence-corrected chi connectivity index (χ4v) is 16.9. The first kappa shape index (κ1) is 46.6. The average molecular weight is 1080 g/mol. The third-order valence-electron chi connectivity index (χ3n) is 20.3. The van der Waals surface area contributed by atoms with Gasteiger partial charge in [-0.15, -0.1) is 0 Å². The van der Waals surface area contributed by atoms with Crippen LogP contribution in [0.5, 0.6) is 0 Å². The third kappa shape index (κ3) is 5.93. The molecule has 86 heavy (non-hydrogen) atoms. The van der Waals surface area contributed by atoms with Crippen LogP contribution in [0, 0.1) is 55.6 Å². The summed E-state index contributed by atoms with van der Waals surface area (Å²) < 4.78 is 0. The second-order valence-electron chi connectivity index (χ2n) is 24.4. The van der Waals surface area contributed by atoms with Gasteiger partial charge in [-0.1, -0.05) is 249 Å². The van der Waals surface area contributed by atoms with Crippen molar-refractivity contribution in [3.05, 3.63) is 320 Å². The van der Waals surface area contributed by atoms with Crippen molar-refractivity contribution in [3.8, 4) is 100 Å². The number of benzene rings is 16. The summed E-state index contributed by atoms with van der Waals surface area (Å²) in [6.07, 6.45) is 0. The predicted molar refractivity (Wildman–Crippen MR) is 361 cm³/mol. The van der Waals surface area contributed by atoms with Gasteiger partial charge in [0.25, 0.3) is 0 Å². The lowest BCUT2D eigenvalue weighted by atomic mass is 9.83. The first-order valence-electron chi connectivity index (χ1n) is 30.3. The second kappa shape index (κ2) is 16.9. The van der Waals surface area contributed by atoms with Crippen molar-refractivity contribution in [2.75, 3.05) is 0 Å². The molecular formula is C86H50. The van der Waals surface area contributed by atoms with Crippen molar-refractivity contribution in [1.29, 1.82) is 0 Å². The van der Waals surface area contributed by atoms with Crippen molar-refractivity contribution < 1.29 is 0 Å².